The first-order valence-corrected chi connectivity index (χ1v) is 9.24. The second-order valence-electron chi connectivity index (χ2n) is 5.57. The molecule has 0 spiro atoms. The average Bonchev–Trinajstić information content (AvgIpc) is 3.28. The largest absolute Gasteiger partial charge is 0.497 e. The van der Waals surface area contributed by atoms with Crippen LogP contribution >= 0.6 is 11.3 Å². The number of methoxy groups -OCH3 is 3. The summed E-state index contributed by atoms with van der Waals surface area (Å²) in [6.45, 7) is -0.352. The minimum absolute atomic E-state index is 0.280. The molecule has 0 aliphatic heterocycles. The third-order valence-electron chi connectivity index (χ3n) is 3.94. The van der Waals surface area contributed by atoms with E-state index in [1.165, 1.54) is 32.7 Å². The maximum atomic E-state index is 13.0. The first-order valence-electron chi connectivity index (χ1n) is 8.36. The smallest absolute Gasteiger partial charge is 0.325 e. The zero-order valence-electron chi connectivity index (χ0n) is 16.1. The lowest BCUT2D eigenvalue weighted by molar-refractivity contribution is -0.141. The van der Waals surface area contributed by atoms with Gasteiger partial charge in [0.25, 0.3) is 0 Å². The third-order valence-corrected chi connectivity index (χ3v) is 4.87. The zero-order valence-corrected chi connectivity index (χ0v) is 16.9. The number of thiophene rings is 1. The highest BCUT2D eigenvalue weighted by atomic mass is 32.1. The lowest BCUT2D eigenvalue weighted by Gasteiger charge is -2.30. The van der Waals surface area contributed by atoms with Gasteiger partial charge in [-0.25, -0.2) is 0 Å². The van der Waals surface area contributed by atoms with Gasteiger partial charge in [0.05, 0.1) is 27.0 Å². The molecular formula is C20H20N2O6S. The van der Waals surface area contributed by atoms with Gasteiger partial charge in [0.1, 0.15) is 18.0 Å². The van der Waals surface area contributed by atoms with E-state index in [2.05, 4.69) is 10.1 Å². The van der Waals surface area contributed by atoms with E-state index in [-0.39, 0.29) is 18.0 Å². The summed E-state index contributed by atoms with van der Waals surface area (Å²) >= 11 is 1.27. The highest BCUT2D eigenvalue weighted by Gasteiger charge is 2.34. The van der Waals surface area contributed by atoms with Crippen LogP contribution in [0.2, 0.25) is 0 Å². The maximum Gasteiger partial charge on any atom is 0.325 e. The first-order chi connectivity index (χ1) is 14.0. The molecule has 152 valence electrons. The fraction of sp³-hybridized carbons (Fsp3) is 0.250. The van der Waals surface area contributed by atoms with Crippen LogP contribution in [-0.4, -0.2) is 45.7 Å². The summed E-state index contributed by atoms with van der Waals surface area (Å²) in [6, 6.07) is 7.08. The Morgan fingerprint density at radius 2 is 1.97 bits per heavy atom. The molecule has 1 heterocycles. The van der Waals surface area contributed by atoms with E-state index in [4.69, 9.17) is 15.9 Å². The molecule has 29 heavy (non-hydrogen) atoms. The van der Waals surface area contributed by atoms with E-state index in [0.717, 1.165) is 4.90 Å². The summed E-state index contributed by atoms with van der Waals surface area (Å²) in [7, 11) is 4.13. The van der Waals surface area contributed by atoms with Crippen LogP contribution in [0.4, 0.5) is 5.69 Å². The molecule has 2 amide bonds. The van der Waals surface area contributed by atoms with Crippen LogP contribution in [0.3, 0.4) is 0 Å². The summed E-state index contributed by atoms with van der Waals surface area (Å²) in [5, 5.41) is 4.24. The van der Waals surface area contributed by atoms with Crippen molar-refractivity contribution >= 4 is 34.8 Å². The van der Waals surface area contributed by atoms with E-state index < -0.39 is 23.8 Å². The standard InChI is InChI=1S/C20H20N2O6S/c1-5-17(23)22(14-9-8-13(26-2)11-15(14)27-3)19(16-7-6-10-29-16)20(25)21-12-18(24)28-4/h1,6-11,19H,12H2,2-4H3,(H,21,25). The van der Waals surface area contributed by atoms with Gasteiger partial charge in [-0.1, -0.05) is 6.07 Å². The Labute approximate surface area is 172 Å². The van der Waals surface area contributed by atoms with E-state index in [0.29, 0.717) is 10.6 Å². The van der Waals surface area contributed by atoms with Crippen LogP contribution in [0, 0.1) is 12.3 Å². The molecule has 9 heteroatoms. The molecule has 0 saturated heterocycles. The van der Waals surface area contributed by atoms with Gasteiger partial charge < -0.3 is 19.5 Å². The van der Waals surface area contributed by atoms with Gasteiger partial charge in [-0.05, 0) is 29.5 Å². The van der Waals surface area contributed by atoms with Crippen molar-refractivity contribution in [2.75, 3.05) is 32.8 Å². The average molecular weight is 416 g/mol. The van der Waals surface area contributed by atoms with Crippen molar-refractivity contribution in [2.24, 2.45) is 0 Å². The number of nitrogens with one attached hydrogen (secondary N) is 1. The molecule has 0 aliphatic rings. The van der Waals surface area contributed by atoms with Crippen molar-refractivity contribution in [2.45, 2.75) is 6.04 Å². The monoisotopic (exact) mass is 416 g/mol. The highest BCUT2D eigenvalue weighted by molar-refractivity contribution is 7.10. The molecule has 1 unspecified atom stereocenters. The fourth-order valence-corrected chi connectivity index (χ4v) is 3.38. The Balaban J connectivity index is 2.56. The van der Waals surface area contributed by atoms with Crippen LogP contribution in [0.5, 0.6) is 11.5 Å². The summed E-state index contributed by atoms with van der Waals surface area (Å²) in [5.74, 6) is 0.866. The van der Waals surface area contributed by atoms with Crippen LogP contribution in [0.15, 0.2) is 35.7 Å². The highest BCUT2D eigenvalue weighted by Crippen LogP contribution is 2.38. The lowest BCUT2D eigenvalue weighted by atomic mass is 10.1. The molecule has 0 saturated carbocycles. The Bertz CT molecular complexity index is 920. The molecule has 1 aromatic heterocycles. The van der Waals surface area contributed by atoms with E-state index in [1.807, 2.05) is 5.92 Å². The molecule has 0 bridgehead atoms. The number of rotatable bonds is 8. The predicted molar refractivity (Wildman–Crippen MR) is 108 cm³/mol. The number of benzene rings is 1. The SMILES string of the molecule is C#CC(=O)N(c1ccc(OC)cc1OC)C(C(=O)NCC(=O)OC)c1cccs1. The fourth-order valence-electron chi connectivity index (χ4n) is 2.57. The summed E-state index contributed by atoms with van der Waals surface area (Å²) in [4.78, 5) is 38.8. The number of hydrogen-bond donors (Lipinski definition) is 1. The minimum atomic E-state index is -1.12. The quantitative estimate of drug-likeness (QED) is 0.521. The van der Waals surface area contributed by atoms with Crippen LogP contribution in [0.25, 0.3) is 0 Å². The molecule has 8 nitrogen and oxygen atoms in total. The number of amides is 2. The Kier molecular flexibility index (Phi) is 7.62. The molecule has 2 rings (SSSR count). The Morgan fingerprint density at radius 3 is 2.52 bits per heavy atom. The van der Waals surface area contributed by atoms with Gasteiger partial charge in [-0.2, -0.15) is 0 Å². The van der Waals surface area contributed by atoms with Crippen molar-refractivity contribution in [1.82, 2.24) is 5.32 Å². The number of nitrogens with zero attached hydrogens (tertiary/aromatic N) is 1. The number of carbonyl (C=O) groups is 3. The second-order valence-corrected chi connectivity index (χ2v) is 6.55. The summed E-state index contributed by atoms with van der Waals surface area (Å²) in [6.07, 6.45) is 5.38. The Hall–Kier alpha value is -3.51. The van der Waals surface area contributed by atoms with Gasteiger partial charge >= 0.3 is 11.9 Å². The van der Waals surface area contributed by atoms with Crippen molar-refractivity contribution < 1.29 is 28.6 Å². The topological polar surface area (TPSA) is 94.2 Å². The van der Waals surface area contributed by atoms with Crippen molar-refractivity contribution in [3.63, 3.8) is 0 Å². The van der Waals surface area contributed by atoms with E-state index in [1.54, 1.807) is 35.7 Å². The molecule has 2 aromatic rings. The number of hydrogen-bond acceptors (Lipinski definition) is 7. The maximum absolute atomic E-state index is 13.0. The van der Waals surface area contributed by atoms with E-state index in [9.17, 15) is 14.4 Å². The van der Waals surface area contributed by atoms with Gasteiger partial charge in [0.15, 0.2) is 6.04 Å². The predicted octanol–water partition coefficient (Wildman–Crippen LogP) is 1.76. The van der Waals surface area contributed by atoms with Crippen molar-refractivity contribution in [3.05, 3.63) is 40.6 Å². The first kappa shape index (κ1) is 21.8. The number of carbonyl (C=O) groups excluding carboxylic acids is 3. The molecule has 0 aliphatic carbocycles. The normalized spacial score (nSPS) is 11.0. The summed E-state index contributed by atoms with van der Waals surface area (Å²) < 4.78 is 15.1. The molecule has 0 fully saturated rings. The molecular weight excluding hydrogens is 396 g/mol. The van der Waals surface area contributed by atoms with Crippen LogP contribution in [-0.2, 0) is 19.1 Å². The number of anilines is 1. The van der Waals surface area contributed by atoms with Crippen molar-refractivity contribution in [1.29, 1.82) is 0 Å². The van der Waals surface area contributed by atoms with Gasteiger partial charge in [0, 0.05) is 10.9 Å². The molecule has 1 N–H and O–H groups in total. The number of ether oxygens (including phenoxy) is 3. The molecule has 1 atom stereocenters. The lowest BCUT2D eigenvalue weighted by Crippen LogP contribution is -2.44. The van der Waals surface area contributed by atoms with Crippen LogP contribution < -0.4 is 19.7 Å². The van der Waals surface area contributed by atoms with E-state index >= 15 is 0 Å². The minimum Gasteiger partial charge on any atom is -0.497 e. The molecule has 0 radical (unpaired) electrons. The van der Waals surface area contributed by atoms with Crippen LogP contribution in [0.1, 0.15) is 10.9 Å². The Morgan fingerprint density at radius 1 is 1.21 bits per heavy atom. The number of terminal acetylenes is 1. The number of esters is 1. The second kappa shape index (κ2) is 10.1. The summed E-state index contributed by atoms with van der Waals surface area (Å²) in [5.41, 5.74) is 0.280. The molecule has 1 aromatic carbocycles. The van der Waals surface area contributed by atoms with Crippen molar-refractivity contribution in [3.8, 4) is 23.8 Å². The van der Waals surface area contributed by atoms with Gasteiger partial charge in [-0.15, -0.1) is 17.8 Å². The zero-order chi connectivity index (χ0) is 21.4. The third kappa shape index (κ3) is 5.06. The van der Waals surface area contributed by atoms with Gasteiger partial charge in [0.2, 0.25) is 5.91 Å². The van der Waals surface area contributed by atoms with Gasteiger partial charge in [-0.3, -0.25) is 19.3 Å².